The van der Waals surface area contributed by atoms with Crippen molar-refractivity contribution in [3.05, 3.63) is 11.9 Å². The first-order valence-electron chi connectivity index (χ1n) is 2.97. The van der Waals surface area contributed by atoms with Gasteiger partial charge in [0.05, 0.1) is 17.6 Å². The number of nitrogens with zero attached hydrogens (tertiary/aromatic N) is 1. The minimum atomic E-state index is -0.0792. The molecule has 0 unspecified atom stereocenters. The van der Waals surface area contributed by atoms with E-state index in [9.17, 15) is 4.79 Å². The summed E-state index contributed by atoms with van der Waals surface area (Å²) < 4.78 is 0. The lowest BCUT2D eigenvalue weighted by molar-refractivity contribution is -0.114. The van der Waals surface area contributed by atoms with Gasteiger partial charge in [0.2, 0.25) is 5.91 Å². The molecule has 0 aromatic carbocycles. The predicted octanol–water partition coefficient (Wildman–Crippen LogP) is 0.677. The van der Waals surface area contributed by atoms with Crippen molar-refractivity contribution in [1.82, 2.24) is 10.2 Å². The summed E-state index contributed by atoms with van der Waals surface area (Å²) in [5.41, 5.74) is 1.61. The lowest BCUT2D eigenvalue weighted by Crippen LogP contribution is -2.05. The van der Waals surface area contributed by atoms with Gasteiger partial charge in [-0.1, -0.05) is 0 Å². The van der Waals surface area contributed by atoms with E-state index in [1.807, 2.05) is 6.92 Å². The molecule has 2 N–H and O–H groups in total. The smallest absolute Gasteiger partial charge is 0.221 e. The highest BCUT2D eigenvalue weighted by Gasteiger charge is 1.99. The van der Waals surface area contributed by atoms with Crippen molar-refractivity contribution in [3.63, 3.8) is 0 Å². The molecule has 10 heavy (non-hydrogen) atoms. The first kappa shape index (κ1) is 6.80. The highest BCUT2D eigenvalue weighted by Crippen LogP contribution is 2.08. The fourth-order valence-corrected chi connectivity index (χ4v) is 0.666. The number of hydrogen-bond donors (Lipinski definition) is 2. The van der Waals surface area contributed by atoms with Crippen molar-refractivity contribution in [3.8, 4) is 0 Å². The number of carbonyl (C=O) groups is 1. The van der Waals surface area contributed by atoms with Crippen LogP contribution in [0.15, 0.2) is 6.20 Å². The zero-order valence-electron chi connectivity index (χ0n) is 5.93. The van der Waals surface area contributed by atoms with Gasteiger partial charge in [0.25, 0.3) is 0 Å². The van der Waals surface area contributed by atoms with Gasteiger partial charge in [0.1, 0.15) is 0 Å². The van der Waals surface area contributed by atoms with Gasteiger partial charge in [-0.15, -0.1) is 0 Å². The first-order valence-corrected chi connectivity index (χ1v) is 2.97. The molecule has 0 saturated carbocycles. The average molecular weight is 139 g/mol. The molecule has 1 amide bonds. The van der Waals surface area contributed by atoms with E-state index >= 15 is 0 Å². The molecule has 4 heteroatoms. The second kappa shape index (κ2) is 2.51. The van der Waals surface area contributed by atoms with Crippen LogP contribution in [-0.4, -0.2) is 16.1 Å². The van der Waals surface area contributed by atoms with Crippen LogP contribution in [0.3, 0.4) is 0 Å². The van der Waals surface area contributed by atoms with Crippen LogP contribution < -0.4 is 5.32 Å². The molecule has 0 aliphatic heterocycles. The Hall–Kier alpha value is -1.32. The maximum absolute atomic E-state index is 10.5. The molecule has 1 heterocycles. The van der Waals surface area contributed by atoms with Gasteiger partial charge in [0.15, 0.2) is 0 Å². The fraction of sp³-hybridized carbons (Fsp3) is 0.333. The molecule has 0 aliphatic rings. The maximum atomic E-state index is 10.5. The monoisotopic (exact) mass is 139 g/mol. The summed E-state index contributed by atoms with van der Waals surface area (Å²) >= 11 is 0. The van der Waals surface area contributed by atoms with E-state index in [0.717, 1.165) is 11.4 Å². The summed E-state index contributed by atoms with van der Waals surface area (Å²) in [4.78, 5) is 10.5. The van der Waals surface area contributed by atoms with Crippen LogP contribution in [0.1, 0.15) is 12.6 Å². The van der Waals surface area contributed by atoms with Crippen molar-refractivity contribution in [2.45, 2.75) is 13.8 Å². The quantitative estimate of drug-likeness (QED) is 0.601. The minimum Gasteiger partial charge on any atom is -0.323 e. The third-order valence-corrected chi connectivity index (χ3v) is 1.14. The van der Waals surface area contributed by atoms with E-state index in [1.54, 1.807) is 6.20 Å². The molecule has 0 radical (unpaired) electrons. The summed E-state index contributed by atoms with van der Waals surface area (Å²) in [7, 11) is 0. The molecule has 0 bridgehead atoms. The number of rotatable bonds is 1. The third-order valence-electron chi connectivity index (χ3n) is 1.14. The Morgan fingerprint density at radius 2 is 2.50 bits per heavy atom. The molecule has 1 rings (SSSR count). The second-order valence-corrected chi connectivity index (χ2v) is 2.09. The van der Waals surface area contributed by atoms with Crippen molar-refractivity contribution >= 4 is 11.6 Å². The Labute approximate surface area is 58.6 Å². The predicted molar refractivity (Wildman–Crippen MR) is 37.6 cm³/mol. The van der Waals surface area contributed by atoms with Crippen LogP contribution in [-0.2, 0) is 4.79 Å². The zero-order valence-corrected chi connectivity index (χ0v) is 5.93. The van der Waals surface area contributed by atoms with Crippen molar-refractivity contribution < 1.29 is 4.79 Å². The summed E-state index contributed by atoms with van der Waals surface area (Å²) in [5.74, 6) is -0.0792. The molecular weight excluding hydrogens is 130 g/mol. The van der Waals surface area contributed by atoms with Gasteiger partial charge in [0, 0.05) is 6.92 Å². The van der Waals surface area contributed by atoms with Crippen LogP contribution in [0.4, 0.5) is 5.69 Å². The number of carbonyl (C=O) groups excluding carboxylic acids is 1. The average Bonchev–Trinajstić information content (AvgIpc) is 2.15. The number of nitrogens with one attached hydrogen (secondary N) is 2. The minimum absolute atomic E-state index is 0.0792. The largest absolute Gasteiger partial charge is 0.323 e. The van der Waals surface area contributed by atoms with Gasteiger partial charge in [-0.2, -0.15) is 5.10 Å². The molecular formula is C6H9N3O. The third kappa shape index (κ3) is 1.34. The number of aromatic nitrogens is 2. The number of anilines is 1. The number of aryl methyl sites for hydroxylation is 1. The van der Waals surface area contributed by atoms with Crippen molar-refractivity contribution in [2.24, 2.45) is 0 Å². The zero-order chi connectivity index (χ0) is 7.56. The summed E-state index contributed by atoms with van der Waals surface area (Å²) in [5, 5.41) is 9.06. The fourth-order valence-electron chi connectivity index (χ4n) is 0.666. The molecule has 0 atom stereocenters. The molecule has 0 saturated heterocycles. The first-order chi connectivity index (χ1) is 4.70. The second-order valence-electron chi connectivity index (χ2n) is 2.09. The number of hydrogen-bond acceptors (Lipinski definition) is 2. The number of H-pyrrole nitrogens is 1. The molecule has 1 aromatic heterocycles. The standard InChI is InChI=1S/C6H9N3O/c1-4-6(3-7-9-4)8-5(2)10/h3H,1-2H3,(H,7,9)(H,8,10). The van der Waals surface area contributed by atoms with Crippen LogP contribution in [0.25, 0.3) is 0 Å². The Morgan fingerprint density at radius 3 is 2.90 bits per heavy atom. The van der Waals surface area contributed by atoms with Gasteiger partial charge in [-0.25, -0.2) is 0 Å². The van der Waals surface area contributed by atoms with Crippen LogP contribution in [0.5, 0.6) is 0 Å². The van der Waals surface area contributed by atoms with Crippen LogP contribution in [0, 0.1) is 6.92 Å². The van der Waals surface area contributed by atoms with Crippen LogP contribution in [0.2, 0.25) is 0 Å². The lowest BCUT2D eigenvalue weighted by atomic mass is 10.4. The summed E-state index contributed by atoms with van der Waals surface area (Å²) in [6.07, 6.45) is 1.58. The highest BCUT2D eigenvalue weighted by molar-refractivity contribution is 5.88. The summed E-state index contributed by atoms with van der Waals surface area (Å²) in [6.45, 7) is 3.31. The van der Waals surface area contributed by atoms with E-state index < -0.39 is 0 Å². The van der Waals surface area contributed by atoms with Gasteiger partial charge in [-0.05, 0) is 6.92 Å². The Bertz CT molecular complexity index is 241. The van der Waals surface area contributed by atoms with E-state index in [-0.39, 0.29) is 5.91 Å². The Kier molecular flexibility index (Phi) is 1.71. The summed E-state index contributed by atoms with van der Waals surface area (Å²) in [6, 6.07) is 0. The number of aromatic amines is 1. The normalized spacial score (nSPS) is 9.40. The molecule has 0 aliphatic carbocycles. The maximum Gasteiger partial charge on any atom is 0.221 e. The van der Waals surface area contributed by atoms with E-state index in [0.29, 0.717) is 0 Å². The molecule has 0 fully saturated rings. The van der Waals surface area contributed by atoms with E-state index in [1.165, 1.54) is 6.92 Å². The number of amides is 1. The lowest BCUT2D eigenvalue weighted by Gasteiger charge is -1.96. The van der Waals surface area contributed by atoms with Gasteiger partial charge >= 0.3 is 0 Å². The van der Waals surface area contributed by atoms with E-state index in [4.69, 9.17) is 0 Å². The van der Waals surface area contributed by atoms with E-state index in [2.05, 4.69) is 15.5 Å². The van der Waals surface area contributed by atoms with Gasteiger partial charge < -0.3 is 5.32 Å². The molecule has 1 aromatic rings. The van der Waals surface area contributed by atoms with Crippen LogP contribution >= 0.6 is 0 Å². The van der Waals surface area contributed by atoms with Gasteiger partial charge in [-0.3, -0.25) is 9.89 Å². The SMILES string of the molecule is CC(=O)Nc1cn[nH]c1C. The molecule has 0 spiro atoms. The Morgan fingerprint density at radius 1 is 1.80 bits per heavy atom. The topological polar surface area (TPSA) is 57.8 Å². The Balaban J connectivity index is 2.74. The molecule has 4 nitrogen and oxygen atoms in total. The highest BCUT2D eigenvalue weighted by atomic mass is 16.1. The molecule has 54 valence electrons. The van der Waals surface area contributed by atoms with Crippen molar-refractivity contribution in [1.29, 1.82) is 0 Å². The van der Waals surface area contributed by atoms with Crippen molar-refractivity contribution in [2.75, 3.05) is 5.32 Å².